The molecule has 0 atom stereocenters. The van der Waals surface area contributed by atoms with Gasteiger partial charge in [0.15, 0.2) is 5.56 Å². The quantitative estimate of drug-likeness (QED) is 0.365. The number of esters is 1. The van der Waals surface area contributed by atoms with Gasteiger partial charge in [0.25, 0.3) is 5.69 Å². The van der Waals surface area contributed by atoms with E-state index in [-0.39, 0.29) is 16.0 Å². The number of methoxy groups -OCH3 is 1. The van der Waals surface area contributed by atoms with Crippen LogP contribution < -0.4 is 0 Å². The Labute approximate surface area is 96.0 Å². The maximum Gasteiger partial charge on any atom is 0.346 e. The Morgan fingerprint density at radius 2 is 2.25 bits per heavy atom. The van der Waals surface area contributed by atoms with Crippen molar-refractivity contribution in [1.82, 2.24) is 0 Å². The van der Waals surface area contributed by atoms with Gasteiger partial charge in [-0.25, -0.2) is 4.79 Å². The van der Waals surface area contributed by atoms with Crippen LogP contribution in [0.2, 0.25) is 0 Å². The predicted octanol–water partition coefficient (Wildman–Crippen LogP) is 1.54. The monoisotopic (exact) mass is 238 g/mol. The van der Waals surface area contributed by atoms with E-state index in [0.717, 1.165) is 7.11 Å². The van der Waals surface area contributed by atoms with E-state index in [1.807, 2.05) is 0 Å². The Morgan fingerprint density at radius 1 is 1.62 bits per heavy atom. The highest BCUT2D eigenvalue weighted by Gasteiger charge is 2.27. The highest BCUT2D eigenvalue weighted by Crippen LogP contribution is 2.30. The van der Waals surface area contributed by atoms with Crippen molar-refractivity contribution in [3.05, 3.63) is 33.4 Å². The van der Waals surface area contributed by atoms with Crippen LogP contribution in [0.5, 0.6) is 0 Å². The summed E-state index contributed by atoms with van der Waals surface area (Å²) in [5.41, 5.74) is -1.01. The van der Waals surface area contributed by atoms with E-state index >= 15 is 0 Å². The largest absolute Gasteiger partial charge is 0.465 e. The van der Waals surface area contributed by atoms with Crippen LogP contribution >= 0.6 is 12.6 Å². The first-order chi connectivity index (χ1) is 7.52. The van der Waals surface area contributed by atoms with Crippen LogP contribution in [0.3, 0.4) is 0 Å². The summed E-state index contributed by atoms with van der Waals surface area (Å²) in [5, 5.41) is 19.5. The fraction of sp³-hybridized carbons (Fsp3) is 0.111. The standard InChI is InChI=1S/C9H6N2O4S/c1-15-9(12)7-5(4-10)2-3-6(16)8(7)11(13)14/h2-3,16H,1H3. The number of nitriles is 1. The summed E-state index contributed by atoms with van der Waals surface area (Å²) in [6.45, 7) is 0. The van der Waals surface area contributed by atoms with Gasteiger partial charge in [0.1, 0.15) is 6.07 Å². The van der Waals surface area contributed by atoms with Crippen LogP contribution in [-0.2, 0) is 4.74 Å². The lowest BCUT2D eigenvalue weighted by atomic mass is 10.1. The first kappa shape index (κ1) is 12.0. The zero-order valence-corrected chi connectivity index (χ0v) is 9.02. The summed E-state index contributed by atoms with van der Waals surface area (Å²) in [7, 11) is 1.08. The summed E-state index contributed by atoms with van der Waals surface area (Å²) in [6.07, 6.45) is 0. The molecule has 0 bridgehead atoms. The lowest BCUT2D eigenvalue weighted by molar-refractivity contribution is -0.388. The van der Waals surface area contributed by atoms with E-state index in [4.69, 9.17) is 5.26 Å². The van der Waals surface area contributed by atoms with E-state index in [0.29, 0.717) is 0 Å². The van der Waals surface area contributed by atoms with Gasteiger partial charge in [0, 0.05) is 0 Å². The van der Waals surface area contributed by atoms with E-state index < -0.39 is 16.6 Å². The zero-order valence-electron chi connectivity index (χ0n) is 8.13. The number of carbonyl (C=O) groups is 1. The number of nitro benzene ring substituents is 1. The van der Waals surface area contributed by atoms with E-state index in [1.165, 1.54) is 12.1 Å². The number of benzene rings is 1. The Hall–Kier alpha value is -2.07. The van der Waals surface area contributed by atoms with Crippen molar-refractivity contribution >= 4 is 24.3 Å². The maximum absolute atomic E-state index is 11.4. The molecule has 0 saturated heterocycles. The topological polar surface area (TPSA) is 93.2 Å². The van der Waals surface area contributed by atoms with E-state index in [1.54, 1.807) is 6.07 Å². The van der Waals surface area contributed by atoms with Crippen LogP contribution in [0.4, 0.5) is 5.69 Å². The first-order valence-electron chi connectivity index (χ1n) is 4.01. The van der Waals surface area contributed by atoms with Gasteiger partial charge in [0.05, 0.1) is 22.5 Å². The third-order valence-corrected chi connectivity index (χ3v) is 2.21. The molecule has 82 valence electrons. The predicted molar refractivity (Wildman–Crippen MR) is 56.4 cm³/mol. The smallest absolute Gasteiger partial charge is 0.346 e. The highest BCUT2D eigenvalue weighted by molar-refractivity contribution is 7.80. The molecule has 0 fully saturated rings. The number of rotatable bonds is 2. The molecule has 0 heterocycles. The molecule has 6 nitrogen and oxygen atoms in total. The zero-order chi connectivity index (χ0) is 12.3. The third-order valence-electron chi connectivity index (χ3n) is 1.85. The van der Waals surface area contributed by atoms with Gasteiger partial charge in [-0.05, 0) is 12.1 Å². The summed E-state index contributed by atoms with van der Waals surface area (Å²) < 4.78 is 4.40. The van der Waals surface area contributed by atoms with Crippen LogP contribution in [0, 0.1) is 21.4 Å². The Kier molecular flexibility index (Phi) is 3.48. The van der Waals surface area contributed by atoms with Crippen molar-refractivity contribution in [3.8, 4) is 6.07 Å². The van der Waals surface area contributed by atoms with Crippen molar-refractivity contribution in [3.63, 3.8) is 0 Å². The number of nitrogens with zero attached hydrogens (tertiary/aromatic N) is 2. The molecule has 0 unspecified atom stereocenters. The normalized spacial score (nSPS) is 9.31. The lowest BCUT2D eigenvalue weighted by Crippen LogP contribution is -2.09. The molecule has 0 aliphatic rings. The van der Waals surface area contributed by atoms with Crippen molar-refractivity contribution in [1.29, 1.82) is 5.26 Å². The molecule has 0 aromatic heterocycles. The van der Waals surface area contributed by atoms with Crippen LogP contribution in [0.1, 0.15) is 15.9 Å². The van der Waals surface area contributed by atoms with E-state index in [9.17, 15) is 14.9 Å². The highest BCUT2D eigenvalue weighted by atomic mass is 32.1. The molecule has 0 amide bonds. The van der Waals surface area contributed by atoms with Crippen molar-refractivity contribution in [2.75, 3.05) is 7.11 Å². The third kappa shape index (κ3) is 1.97. The number of hydrogen-bond acceptors (Lipinski definition) is 6. The number of thiol groups is 1. The fourth-order valence-corrected chi connectivity index (χ4v) is 1.43. The molecule has 0 saturated carbocycles. The van der Waals surface area contributed by atoms with Gasteiger partial charge in [-0.1, -0.05) is 0 Å². The van der Waals surface area contributed by atoms with E-state index in [2.05, 4.69) is 17.4 Å². The SMILES string of the molecule is COC(=O)c1c(C#N)ccc(S)c1[N+](=O)[O-]. The second-order valence-electron chi connectivity index (χ2n) is 2.72. The molecule has 16 heavy (non-hydrogen) atoms. The van der Waals surface area contributed by atoms with Gasteiger partial charge in [-0.2, -0.15) is 5.26 Å². The van der Waals surface area contributed by atoms with Crippen molar-refractivity contribution in [2.24, 2.45) is 0 Å². The van der Waals surface area contributed by atoms with Gasteiger partial charge in [-0.3, -0.25) is 10.1 Å². The minimum absolute atomic E-state index is 0.00407. The second-order valence-corrected chi connectivity index (χ2v) is 3.20. The summed E-state index contributed by atoms with van der Waals surface area (Å²) in [6, 6.07) is 4.26. The Bertz CT molecular complexity index is 507. The maximum atomic E-state index is 11.4. The van der Waals surface area contributed by atoms with Crippen molar-refractivity contribution in [2.45, 2.75) is 4.90 Å². The molecular formula is C9H6N2O4S. The molecule has 0 aliphatic heterocycles. The summed E-state index contributed by atoms with van der Waals surface area (Å²) >= 11 is 3.87. The van der Waals surface area contributed by atoms with Crippen LogP contribution in [0.25, 0.3) is 0 Å². The summed E-state index contributed by atoms with van der Waals surface area (Å²) in [4.78, 5) is 21.4. The first-order valence-corrected chi connectivity index (χ1v) is 4.46. The van der Waals surface area contributed by atoms with Gasteiger partial charge >= 0.3 is 5.97 Å². The molecule has 7 heteroatoms. The molecule has 1 rings (SSSR count). The molecule has 0 aliphatic carbocycles. The molecule has 1 aromatic carbocycles. The number of nitro groups is 1. The molecule has 1 aromatic rings. The Morgan fingerprint density at radius 3 is 2.69 bits per heavy atom. The van der Waals surface area contributed by atoms with Crippen molar-refractivity contribution < 1.29 is 14.5 Å². The van der Waals surface area contributed by atoms with Gasteiger partial charge < -0.3 is 4.74 Å². The minimum Gasteiger partial charge on any atom is -0.465 e. The molecule has 0 N–H and O–H groups in total. The number of carbonyl (C=O) groups excluding carboxylic acids is 1. The molecular weight excluding hydrogens is 232 g/mol. The average Bonchev–Trinajstić information content (AvgIpc) is 2.27. The fourth-order valence-electron chi connectivity index (χ4n) is 1.17. The van der Waals surface area contributed by atoms with Crippen LogP contribution in [0.15, 0.2) is 17.0 Å². The molecule has 0 spiro atoms. The van der Waals surface area contributed by atoms with Gasteiger partial charge in [-0.15, -0.1) is 12.6 Å². The van der Waals surface area contributed by atoms with Crippen LogP contribution in [-0.4, -0.2) is 18.0 Å². The summed E-state index contributed by atoms with van der Waals surface area (Å²) in [5.74, 6) is -0.931. The number of ether oxygens (including phenoxy) is 1. The molecule has 0 radical (unpaired) electrons. The Balaban J connectivity index is 3.63. The van der Waals surface area contributed by atoms with Gasteiger partial charge in [0.2, 0.25) is 0 Å². The average molecular weight is 238 g/mol. The lowest BCUT2D eigenvalue weighted by Gasteiger charge is -2.04. The second kappa shape index (κ2) is 4.63. The number of hydrogen-bond donors (Lipinski definition) is 1. The minimum atomic E-state index is -0.931.